The molecule has 2 aromatic heterocycles. The number of rotatable bonds is 7. The molecule has 27 heavy (non-hydrogen) atoms. The number of benzene rings is 1. The second-order valence-corrected chi connectivity index (χ2v) is 7.09. The first-order valence-electron chi connectivity index (χ1n) is 8.60. The summed E-state index contributed by atoms with van der Waals surface area (Å²) < 4.78 is 0. The van der Waals surface area contributed by atoms with E-state index in [2.05, 4.69) is 10.3 Å². The maximum absolute atomic E-state index is 12.3. The number of phenols is 1. The lowest BCUT2D eigenvalue weighted by molar-refractivity contribution is -0.383. The minimum atomic E-state index is -0.681. The number of hydrogen-bond acceptors (Lipinski definition) is 6. The number of carbonyl (C=O) groups excluding carboxylic acids is 1. The van der Waals surface area contributed by atoms with Crippen molar-refractivity contribution < 1.29 is 14.8 Å². The molecular weight excluding hydrogens is 366 g/mol. The minimum absolute atomic E-state index is 0.145. The molecule has 7 nitrogen and oxygen atoms in total. The molecule has 0 fully saturated rings. The van der Waals surface area contributed by atoms with Gasteiger partial charge in [0.1, 0.15) is 11.3 Å². The Balaban J connectivity index is 2.14. The topological polar surface area (TPSA) is 105 Å². The van der Waals surface area contributed by atoms with Crippen LogP contribution in [0.3, 0.4) is 0 Å². The number of carbonyl (C=O) groups is 1. The molecular formula is C19H19N3O4S. The number of fused-ring (bicyclic) bond motifs is 1. The van der Waals surface area contributed by atoms with Gasteiger partial charge in [-0.25, -0.2) is 0 Å². The van der Waals surface area contributed by atoms with Crippen LogP contribution in [0, 0.1) is 10.1 Å². The van der Waals surface area contributed by atoms with E-state index in [4.69, 9.17) is 0 Å². The standard InChI is InChI=1S/C19H19N3O4S/c1-2-3-8-16(23)21-17(15-7-5-10-27-15)13-11-14(22(25)26)12-6-4-9-20-18(12)19(13)24/h4-7,9-11,17,24H,2-3,8H2,1H3,(H,21,23)/t17-/m0/s1. The summed E-state index contributed by atoms with van der Waals surface area (Å²) in [6, 6.07) is 7.42. The fourth-order valence-electron chi connectivity index (χ4n) is 2.93. The number of pyridine rings is 1. The number of non-ortho nitro benzene ring substituents is 1. The maximum atomic E-state index is 12.3. The Morgan fingerprint density at radius 2 is 2.22 bits per heavy atom. The molecule has 0 bridgehead atoms. The molecule has 3 rings (SSSR count). The van der Waals surface area contributed by atoms with Gasteiger partial charge >= 0.3 is 0 Å². The predicted molar refractivity (Wildman–Crippen MR) is 104 cm³/mol. The van der Waals surface area contributed by atoms with Gasteiger partial charge in [0.05, 0.1) is 16.4 Å². The van der Waals surface area contributed by atoms with E-state index in [1.54, 1.807) is 12.1 Å². The zero-order chi connectivity index (χ0) is 19.4. The van der Waals surface area contributed by atoms with Crippen LogP contribution in [0.4, 0.5) is 5.69 Å². The Morgan fingerprint density at radius 3 is 2.89 bits per heavy atom. The molecule has 2 heterocycles. The van der Waals surface area contributed by atoms with Crippen LogP contribution in [0.25, 0.3) is 10.9 Å². The minimum Gasteiger partial charge on any atom is -0.505 e. The molecule has 0 spiro atoms. The smallest absolute Gasteiger partial charge is 0.279 e. The number of aromatic hydroxyl groups is 1. The molecule has 0 aliphatic rings. The van der Waals surface area contributed by atoms with Crippen LogP contribution in [0.5, 0.6) is 5.75 Å². The molecule has 1 atom stereocenters. The summed E-state index contributed by atoms with van der Waals surface area (Å²) in [5.41, 5.74) is 0.251. The van der Waals surface area contributed by atoms with Crippen LogP contribution in [-0.2, 0) is 4.79 Å². The van der Waals surface area contributed by atoms with Gasteiger partial charge in [0.25, 0.3) is 5.69 Å². The molecule has 0 radical (unpaired) electrons. The van der Waals surface area contributed by atoms with Crippen molar-refractivity contribution in [1.29, 1.82) is 0 Å². The second-order valence-electron chi connectivity index (χ2n) is 6.11. The molecule has 140 valence electrons. The van der Waals surface area contributed by atoms with Gasteiger partial charge in [-0.15, -0.1) is 11.3 Å². The van der Waals surface area contributed by atoms with E-state index in [1.165, 1.54) is 23.6 Å². The summed E-state index contributed by atoms with van der Waals surface area (Å²) >= 11 is 1.40. The number of unbranched alkanes of at least 4 members (excludes halogenated alkanes) is 1. The Hall–Kier alpha value is -3.00. The number of aromatic nitrogens is 1. The van der Waals surface area contributed by atoms with Gasteiger partial charge in [0, 0.05) is 29.1 Å². The number of thiophene rings is 1. The summed E-state index contributed by atoms with van der Waals surface area (Å²) in [5, 5.41) is 27.4. The van der Waals surface area contributed by atoms with Gasteiger partial charge in [-0.05, 0) is 30.0 Å². The summed E-state index contributed by atoms with van der Waals surface area (Å²) in [6.07, 6.45) is 3.45. The van der Waals surface area contributed by atoms with Crippen molar-refractivity contribution in [2.45, 2.75) is 32.2 Å². The number of nitrogens with one attached hydrogen (secondary N) is 1. The highest BCUT2D eigenvalue weighted by Gasteiger charge is 2.27. The quantitative estimate of drug-likeness (QED) is 0.466. The molecule has 1 aromatic carbocycles. The van der Waals surface area contributed by atoms with Crippen LogP contribution in [-0.4, -0.2) is 20.9 Å². The van der Waals surface area contributed by atoms with Gasteiger partial charge < -0.3 is 10.4 Å². The SMILES string of the molecule is CCCCC(=O)N[C@H](c1cccs1)c1cc([N+](=O)[O-])c2cccnc2c1O. The lowest BCUT2D eigenvalue weighted by Gasteiger charge is -2.20. The van der Waals surface area contributed by atoms with Gasteiger partial charge in [0.15, 0.2) is 0 Å². The third kappa shape index (κ3) is 3.90. The molecule has 0 saturated heterocycles. The molecule has 1 amide bonds. The first kappa shape index (κ1) is 18.8. The number of nitro groups is 1. The van der Waals surface area contributed by atoms with Gasteiger partial charge in [-0.3, -0.25) is 19.9 Å². The summed E-state index contributed by atoms with van der Waals surface area (Å²) in [6.45, 7) is 1.99. The largest absolute Gasteiger partial charge is 0.505 e. The van der Waals surface area contributed by atoms with Gasteiger partial charge in [-0.2, -0.15) is 0 Å². The lowest BCUT2D eigenvalue weighted by atomic mass is 9.99. The monoisotopic (exact) mass is 385 g/mol. The van der Waals surface area contributed by atoms with Crippen molar-refractivity contribution in [2.75, 3.05) is 0 Å². The molecule has 2 N–H and O–H groups in total. The molecule has 0 saturated carbocycles. The van der Waals surface area contributed by atoms with Crippen molar-refractivity contribution in [3.8, 4) is 5.75 Å². The summed E-state index contributed by atoms with van der Waals surface area (Å²) in [5.74, 6) is -0.330. The van der Waals surface area contributed by atoms with Crippen molar-refractivity contribution in [1.82, 2.24) is 10.3 Å². The van der Waals surface area contributed by atoms with E-state index in [-0.39, 0.29) is 33.8 Å². The molecule has 3 aromatic rings. The fourth-order valence-corrected chi connectivity index (χ4v) is 3.72. The van der Waals surface area contributed by atoms with Crippen molar-refractivity contribution >= 4 is 33.8 Å². The van der Waals surface area contributed by atoms with Crippen LogP contribution >= 0.6 is 11.3 Å². The summed E-state index contributed by atoms with van der Waals surface area (Å²) in [7, 11) is 0. The lowest BCUT2D eigenvalue weighted by Crippen LogP contribution is -2.28. The number of nitro benzene ring substituents is 1. The zero-order valence-corrected chi connectivity index (χ0v) is 15.5. The Labute approximate surface area is 159 Å². The number of hydrogen-bond donors (Lipinski definition) is 2. The van der Waals surface area contributed by atoms with E-state index in [0.29, 0.717) is 6.42 Å². The molecule has 0 unspecified atom stereocenters. The second kappa shape index (κ2) is 8.13. The van der Waals surface area contributed by atoms with Crippen LogP contribution in [0.15, 0.2) is 41.9 Å². The average Bonchev–Trinajstić information content (AvgIpc) is 3.19. The number of phenolic OH excluding ortho intramolecular Hbond substituents is 1. The van der Waals surface area contributed by atoms with E-state index in [1.807, 2.05) is 24.4 Å². The van der Waals surface area contributed by atoms with Gasteiger partial charge in [0.2, 0.25) is 5.91 Å². The van der Waals surface area contributed by atoms with E-state index in [9.17, 15) is 20.0 Å². The third-order valence-corrected chi connectivity index (χ3v) is 5.21. The third-order valence-electron chi connectivity index (χ3n) is 4.27. The number of nitrogens with zero attached hydrogens (tertiary/aromatic N) is 2. The highest BCUT2D eigenvalue weighted by molar-refractivity contribution is 7.10. The van der Waals surface area contributed by atoms with Crippen LogP contribution < -0.4 is 5.32 Å². The average molecular weight is 385 g/mol. The molecule has 0 aliphatic carbocycles. The van der Waals surface area contributed by atoms with Crippen LogP contribution in [0.1, 0.15) is 42.7 Å². The predicted octanol–water partition coefficient (Wildman–Crippen LogP) is 4.31. The highest BCUT2D eigenvalue weighted by Crippen LogP contribution is 2.40. The zero-order valence-electron chi connectivity index (χ0n) is 14.7. The van der Waals surface area contributed by atoms with E-state index < -0.39 is 11.0 Å². The van der Waals surface area contributed by atoms with Crippen LogP contribution in [0.2, 0.25) is 0 Å². The van der Waals surface area contributed by atoms with Crippen molar-refractivity contribution in [3.63, 3.8) is 0 Å². The van der Waals surface area contributed by atoms with Crippen molar-refractivity contribution in [2.24, 2.45) is 0 Å². The number of amides is 1. The van der Waals surface area contributed by atoms with E-state index >= 15 is 0 Å². The molecule has 0 aliphatic heterocycles. The normalized spacial score (nSPS) is 12.0. The Kier molecular flexibility index (Phi) is 5.66. The van der Waals surface area contributed by atoms with Gasteiger partial charge in [-0.1, -0.05) is 19.4 Å². The van der Waals surface area contributed by atoms with Crippen molar-refractivity contribution in [3.05, 3.63) is 62.5 Å². The maximum Gasteiger partial charge on any atom is 0.279 e. The fraction of sp³-hybridized carbons (Fsp3) is 0.263. The molecule has 8 heteroatoms. The Morgan fingerprint density at radius 1 is 1.41 bits per heavy atom. The Bertz CT molecular complexity index is 973. The first-order valence-corrected chi connectivity index (χ1v) is 9.48. The van der Waals surface area contributed by atoms with E-state index in [0.717, 1.165) is 17.7 Å². The first-order chi connectivity index (χ1) is 13.0. The highest BCUT2D eigenvalue weighted by atomic mass is 32.1. The summed E-state index contributed by atoms with van der Waals surface area (Å²) in [4.78, 5) is 28.3.